The minimum absolute atomic E-state index is 0.134. The minimum atomic E-state index is 0.134. The van der Waals surface area contributed by atoms with Gasteiger partial charge in [-0.05, 0) is 30.5 Å². The number of nitrogens with zero attached hydrogens (tertiary/aromatic N) is 1. The molecule has 25 heavy (non-hydrogen) atoms. The summed E-state index contributed by atoms with van der Waals surface area (Å²) in [7, 11) is 0. The van der Waals surface area contributed by atoms with Crippen molar-refractivity contribution in [3.63, 3.8) is 0 Å². The second kappa shape index (κ2) is 9.35. The van der Waals surface area contributed by atoms with E-state index in [9.17, 15) is 4.79 Å². The van der Waals surface area contributed by atoms with E-state index in [2.05, 4.69) is 17.4 Å². The molecule has 0 aromatic heterocycles. The molecule has 0 spiro atoms. The molecule has 1 amide bonds. The van der Waals surface area contributed by atoms with Crippen molar-refractivity contribution in [1.29, 1.82) is 0 Å². The number of anilines is 1. The summed E-state index contributed by atoms with van der Waals surface area (Å²) < 4.78 is 5.60. The van der Waals surface area contributed by atoms with E-state index in [-0.39, 0.29) is 5.91 Å². The molecule has 0 radical (unpaired) electrons. The molecule has 1 unspecified atom stereocenters. The lowest BCUT2D eigenvalue weighted by atomic mass is 10.2. The summed E-state index contributed by atoms with van der Waals surface area (Å²) in [6, 6.07) is 20.0. The van der Waals surface area contributed by atoms with Crippen LogP contribution in [0.15, 0.2) is 60.7 Å². The van der Waals surface area contributed by atoms with Crippen molar-refractivity contribution in [3.05, 3.63) is 66.2 Å². The summed E-state index contributed by atoms with van der Waals surface area (Å²) in [5, 5.41) is 3.36. The van der Waals surface area contributed by atoms with Crippen LogP contribution in [-0.4, -0.2) is 31.7 Å². The van der Waals surface area contributed by atoms with Crippen LogP contribution in [-0.2, 0) is 16.1 Å². The molecular formula is C21H26N2O2. The average Bonchev–Trinajstić information content (AvgIpc) is 3.18. The largest absolute Gasteiger partial charge is 0.377 e. The van der Waals surface area contributed by atoms with Gasteiger partial charge in [-0.2, -0.15) is 0 Å². The Labute approximate surface area is 149 Å². The fourth-order valence-electron chi connectivity index (χ4n) is 3.10. The van der Waals surface area contributed by atoms with Crippen LogP contribution in [0.5, 0.6) is 0 Å². The van der Waals surface area contributed by atoms with Gasteiger partial charge >= 0.3 is 0 Å². The molecule has 4 nitrogen and oxygen atoms in total. The summed E-state index contributed by atoms with van der Waals surface area (Å²) in [5.41, 5.74) is 2.07. The number of benzene rings is 2. The van der Waals surface area contributed by atoms with Crippen LogP contribution >= 0.6 is 0 Å². The molecule has 2 aromatic rings. The zero-order valence-electron chi connectivity index (χ0n) is 14.6. The number of hydrogen-bond donors (Lipinski definition) is 1. The Morgan fingerprint density at radius 1 is 1.08 bits per heavy atom. The van der Waals surface area contributed by atoms with Crippen molar-refractivity contribution in [2.24, 2.45) is 0 Å². The number of carbonyl (C=O) groups is 1. The molecule has 1 fully saturated rings. The fourth-order valence-corrected chi connectivity index (χ4v) is 3.10. The molecular weight excluding hydrogens is 312 g/mol. The SMILES string of the molecule is O=C(CCNCC1CCCO1)N(Cc1ccccc1)c1ccccc1. The van der Waals surface area contributed by atoms with Crippen LogP contribution in [0.3, 0.4) is 0 Å². The third-order valence-corrected chi connectivity index (χ3v) is 4.46. The van der Waals surface area contributed by atoms with Gasteiger partial charge < -0.3 is 15.0 Å². The minimum Gasteiger partial charge on any atom is -0.377 e. The third-order valence-electron chi connectivity index (χ3n) is 4.46. The molecule has 3 rings (SSSR count). The molecule has 1 aliphatic rings. The molecule has 1 aliphatic heterocycles. The maximum atomic E-state index is 12.8. The van der Waals surface area contributed by atoms with Gasteiger partial charge in [0.2, 0.25) is 5.91 Å². The Balaban J connectivity index is 1.57. The molecule has 2 aromatic carbocycles. The number of hydrogen-bond acceptors (Lipinski definition) is 3. The average molecular weight is 338 g/mol. The highest BCUT2D eigenvalue weighted by molar-refractivity contribution is 5.93. The van der Waals surface area contributed by atoms with E-state index in [0.29, 0.717) is 25.6 Å². The number of rotatable bonds is 8. The second-order valence-corrected chi connectivity index (χ2v) is 6.39. The zero-order chi connectivity index (χ0) is 17.3. The second-order valence-electron chi connectivity index (χ2n) is 6.39. The van der Waals surface area contributed by atoms with Gasteiger partial charge in [-0.3, -0.25) is 4.79 Å². The Bertz CT molecular complexity index is 639. The smallest absolute Gasteiger partial charge is 0.228 e. The summed E-state index contributed by atoms with van der Waals surface area (Å²) in [6.07, 6.45) is 3.05. The van der Waals surface area contributed by atoms with E-state index in [1.54, 1.807) is 0 Å². The summed E-state index contributed by atoms with van der Waals surface area (Å²) in [4.78, 5) is 14.7. The maximum Gasteiger partial charge on any atom is 0.228 e. The number of para-hydroxylation sites is 1. The fraction of sp³-hybridized carbons (Fsp3) is 0.381. The zero-order valence-corrected chi connectivity index (χ0v) is 14.6. The van der Waals surface area contributed by atoms with Crippen LogP contribution in [0.2, 0.25) is 0 Å². The molecule has 1 saturated heterocycles. The predicted octanol–water partition coefficient (Wildman–Crippen LogP) is 3.38. The standard InChI is InChI=1S/C21H26N2O2/c24-21(13-14-22-16-20-12-7-15-25-20)23(19-10-5-2-6-11-19)17-18-8-3-1-4-9-18/h1-6,8-11,20,22H,7,12-17H2. The summed E-state index contributed by atoms with van der Waals surface area (Å²) in [6.45, 7) is 2.97. The third kappa shape index (κ3) is 5.41. The highest BCUT2D eigenvalue weighted by Crippen LogP contribution is 2.18. The molecule has 1 atom stereocenters. The van der Waals surface area contributed by atoms with Crippen LogP contribution in [0, 0.1) is 0 Å². The van der Waals surface area contributed by atoms with Crippen molar-refractivity contribution >= 4 is 11.6 Å². The van der Waals surface area contributed by atoms with Crippen LogP contribution < -0.4 is 10.2 Å². The van der Waals surface area contributed by atoms with Crippen molar-refractivity contribution in [3.8, 4) is 0 Å². The number of nitrogens with one attached hydrogen (secondary N) is 1. The van der Waals surface area contributed by atoms with Gasteiger partial charge in [-0.1, -0.05) is 48.5 Å². The van der Waals surface area contributed by atoms with Crippen molar-refractivity contribution in [2.75, 3.05) is 24.6 Å². The molecule has 1 heterocycles. The van der Waals surface area contributed by atoms with E-state index >= 15 is 0 Å². The van der Waals surface area contributed by atoms with Crippen LogP contribution in [0.4, 0.5) is 5.69 Å². The molecule has 1 N–H and O–H groups in total. The lowest BCUT2D eigenvalue weighted by Gasteiger charge is -2.23. The first-order valence-electron chi connectivity index (χ1n) is 9.04. The topological polar surface area (TPSA) is 41.6 Å². The molecule has 0 bridgehead atoms. The van der Waals surface area contributed by atoms with Gasteiger partial charge in [-0.25, -0.2) is 0 Å². The highest BCUT2D eigenvalue weighted by Gasteiger charge is 2.17. The van der Waals surface area contributed by atoms with E-state index in [0.717, 1.165) is 37.2 Å². The van der Waals surface area contributed by atoms with E-state index in [1.165, 1.54) is 0 Å². The van der Waals surface area contributed by atoms with Crippen LogP contribution in [0.1, 0.15) is 24.8 Å². The van der Waals surface area contributed by atoms with Crippen LogP contribution in [0.25, 0.3) is 0 Å². The van der Waals surface area contributed by atoms with Crippen molar-refractivity contribution in [1.82, 2.24) is 5.32 Å². The number of ether oxygens (including phenoxy) is 1. The first-order valence-corrected chi connectivity index (χ1v) is 9.04. The maximum absolute atomic E-state index is 12.8. The molecule has 4 heteroatoms. The summed E-state index contributed by atoms with van der Waals surface area (Å²) >= 11 is 0. The lowest BCUT2D eigenvalue weighted by molar-refractivity contribution is -0.118. The van der Waals surface area contributed by atoms with Gasteiger partial charge in [0, 0.05) is 31.8 Å². The van der Waals surface area contributed by atoms with Crippen molar-refractivity contribution < 1.29 is 9.53 Å². The lowest BCUT2D eigenvalue weighted by Crippen LogP contribution is -2.34. The summed E-state index contributed by atoms with van der Waals surface area (Å²) in [5.74, 6) is 0.134. The first-order chi connectivity index (χ1) is 12.3. The van der Waals surface area contributed by atoms with Gasteiger partial charge in [-0.15, -0.1) is 0 Å². The van der Waals surface area contributed by atoms with E-state index in [4.69, 9.17) is 4.74 Å². The number of carbonyl (C=O) groups excluding carboxylic acids is 1. The predicted molar refractivity (Wildman–Crippen MR) is 101 cm³/mol. The van der Waals surface area contributed by atoms with Gasteiger partial charge in [0.1, 0.15) is 0 Å². The molecule has 0 saturated carbocycles. The quantitative estimate of drug-likeness (QED) is 0.750. The Kier molecular flexibility index (Phi) is 6.60. The van der Waals surface area contributed by atoms with Gasteiger partial charge in [0.25, 0.3) is 0 Å². The van der Waals surface area contributed by atoms with E-state index < -0.39 is 0 Å². The normalized spacial score (nSPS) is 16.7. The Morgan fingerprint density at radius 2 is 1.80 bits per heavy atom. The number of amides is 1. The van der Waals surface area contributed by atoms with Gasteiger partial charge in [0.15, 0.2) is 0 Å². The monoisotopic (exact) mass is 338 g/mol. The highest BCUT2D eigenvalue weighted by atomic mass is 16.5. The van der Waals surface area contributed by atoms with Gasteiger partial charge in [0.05, 0.1) is 12.6 Å². The van der Waals surface area contributed by atoms with Crippen molar-refractivity contribution in [2.45, 2.75) is 31.9 Å². The Morgan fingerprint density at radius 3 is 2.48 bits per heavy atom. The molecule has 0 aliphatic carbocycles. The Hall–Kier alpha value is -2.17. The van der Waals surface area contributed by atoms with E-state index in [1.807, 2.05) is 53.4 Å². The first kappa shape index (κ1) is 17.6. The molecule has 132 valence electrons.